The van der Waals surface area contributed by atoms with Crippen LogP contribution < -0.4 is 0 Å². The van der Waals surface area contributed by atoms with Crippen molar-refractivity contribution in [2.24, 2.45) is 0 Å². The summed E-state index contributed by atoms with van der Waals surface area (Å²) in [6.45, 7) is 2.05. The largest absolute Gasteiger partial charge is 0.296 e. The molecule has 0 aromatic carbocycles. The summed E-state index contributed by atoms with van der Waals surface area (Å²) in [6.07, 6.45) is 2.60. The van der Waals surface area contributed by atoms with Crippen molar-refractivity contribution in [2.75, 3.05) is 7.05 Å². The van der Waals surface area contributed by atoms with Crippen molar-refractivity contribution in [1.82, 2.24) is 14.7 Å². The maximum Gasteiger partial charge on any atom is 0.109 e. The fourth-order valence-electron chi connectivity index (χ4n) is 1.92. The summed E-state index contributed by atoms with van der Waals surface area (Å²) in [5.74, 6) is 0. The van der Waals surface area contributed by atoms with Crippen LogP contribution >= 0.6 is 15.9 Å². The maximum absolute atomic E-state index is 4.63. The predicted octanol–water partition coefficient (Wildman–Crippen LogP) is 1.93. The van der Waals surface area contributed by atoms with Gasteiger partial charge in [0.1, 0.15) is 4.60 Å². The zero-order valence-electron chi connectivity index (χ0n) is 7.63. The number of rotatable bonds is 1. The third-order valence-corrected chi connectivity index (χ3v) is 3.61. The molecule has 0 N–H and O–H groups in total. The van der Waals surface area contributed by atoms with Gasteiger partial charge in [-0.05, 0) is 35.8 Å². The minimum absolute atomic E-state index is 0.685. The molecule has 0 bridgehead atoms. The molecule has 0 atom stereocenters. The van der Waals surface area contributed by atoms with Crippen LogP contribution in [0.25, 0.3) is 0 Å². The van der Waals surface area contributed by atoms with Crippen molar-refractivity contribution in [3.8, 4) is 0 Å². The molecule has 1 aromatic heterocycles. The van der Waals surface area contributed by atoms with Crippen molar-refractivity contribution >= 4 is 15.9 Å². The van der Waals surface area contributed by atoms with E-state index in [1.807, 2.05) is 0 Å². The minimum atomic E-state index is 0.685. The van der Waals surface area contributed by atoms with Gasteiger partial charge in [0.05, 0.1) is 11.7 Å². The normalized spacial score (nSPS) is 22.3. The highest BCUT2D eigenvalue weighted by molar-refractivity contribution is 9.10. The van der Waals surface area contributed by atoms with Crippen LogP contribution in [-0.4, -0.2) is 21.7 Å². The molecule has 0 spiro atoms. The Morgan fingerprint density at radius 1 is 1.38 bits per heavy atom. The highest BCUT2D eigenvalue weighted by Crippen LogP contribution is 2.40. The Balaban J connectivity index is 2.04. The second-order valence-electron chi connectivity index (χ2n) is 4.06. The van der Waals surface area contributed by atoms with E-state index in [1.54, 1.807) is 0 Å². The molecule has 0 saturated heterocycles. The molecule has 0 radical (unpaired) electrons. The first-order valence-electron chi connectivity index (χ1n) is 4.70. The van der Waals surface area contributed by atoms with Crippen LogP contribution in [0.2, 0.25) is 0 Å². The number of hydrogen-bond donors (Lipinski definition) is 0. The monoisotopic (exact) mass is 241 g/mol. The van der Waals surface area contributed by atoms with Gasteiger partial charge < -0.3 is 0 Å². The first-order chi connectivity index (χ1) is 6.25. The lowest BCUT2D eigenvalue weighted by Gasteiger charge is -2.07. The SMILES string of the molecule is CN1Cc2nn(C3CC3)c(Br)c2C1. The first-order valence-corrected chi connectivity index (χ1v) is 5.49. The van der Waals surface area contributed by atoms with Crippen LogP contribution in [0.3, 0.4) is 0 Å². The molecule has 3 rings (SSSR count). The molecule has 0 amide bonds. The van der Waals surface area contributed by atoms with E-state index in [4.69, 9.17) is 0 Å². The van der Waals surface area contributed by atoms with Gasteiger partial charge in [-0.25, -0.2) is 0 Å². The predicted molar refractivity (Wildman–Crippen MR) is 53.4 cm³/mol. The maximum atomic E-state index is 4.63. The second kappa shape index (κ2) is 2.58. The summed E-state index contributed by atoms with van der Waals surface area (Å²) < 4.78 is 3.38. The Kier molecular flexibility index (Phi) is 1.58. The van der Waals surface area contributed by atoms with E-state index in [0.29, 0.717) is 6.04 Å². The quantitative estimate of drug-likeness (QED) is 0.750. The van der Waals surface area contributed by atoms with Gasteiger partial charge in [-0.3, -0.25) is 9.58 Å². The average molecular weight is 242 g/mol. The van der Waals surface area contributed by atoms with Gasteiger partial charge >= 0.3 is 0 Å². The van der Waals surface area contributed by atoms with Gasteiger partial charge in [0.25, 0.3) is 0 Å². The van der Waals surface area contributed by atoms with Crippen molar-refractivity contribution in [1.29, 1.82) is 0 Å². The van der Waals surface area contributed by atoms with E-state index < -0.39 is 0 Å². The molecule has 3 nitrogen and oxygen atoms in total. The van der Waals surface area contributed by atoms with Crippen molar-refractivity contribution < 1.29 is 0 Å². The van der Waals surface area contributed by atoms with E-state index in [2.05, 4.69) is 37.7 Å². The smallest absolute Gasteiger partial charge is 0.109 e. The van der Waals surface area contributed by atoms with Crippen LogP contribution in [-0.2, 0) is 13.1 Å². The lowest BCUT2D eigenvalue weighted by Crippen LogP contribution is -2.11. The molecule has 4 heteroatoms. The fraction of sp³-hybridized carbons (Fsp3) is 0.667. The summed E-state index contributed by atoms with van der Waals surface area (Å²) in [7, 11) is 2.13. The van der Waals surface area contributed by atoms with E-state index in [1.165, 1.54) is 28.7 Å². The zero-order valence-corrected chi connectivity index (χ0v) is 9.21. The van der Waals surface area contributed by atoms with Crippen molar-refractivity contribution in [2.45, 2.75) is 32.0 Å². The van der Waals surface area contributed by atoms with E-state index in [9.17, 15) is 0 Å². The fourth-order valence-corrected chi connectivity index (χ4v) is 2.64. The standard InChI is InChI=1S/C9H12BrN3/c1-12-4-7-8(5-12)11-13(9(7)10)6-2-3-6/h6H,2-5H2,1H3. The molecule has 0 unspecified atom stereocenters. The summed E-state index contributed by atoms with van der Waals surface area (Å²) in [5, 5.41) is 4.63. The van der Waals surface area contributed by atoms with Crippen LogP contribution in [0.4, 0.5) is 0 Å². The number of nitrogens with zero attached hydrogens (tertiary/aromatic N) is 3. The highest BCUT2D eigenvalue weighted by Gasteiger charge is 2.31. The first kappa shape index (κ1) is 8.00. The molecule has 1 aromatic rings. The number of hydrogen-bond acceptors (Lipinski definition) is 2. The summed E-state index contributed by atoms with van der Waals surface area (Å²) in [4.78, 5) is 2.29. The lowest BCUT2D eigenvalue weighted by molar-refractivity contribution is 0.344. The Labute approximate surface area is 85.8 Å². The Morgan fingerprint density at radius 3 is 2.77 bits per heavy atom. The van der Waals surface area contributed by atoms with Crippen LogP contribution in [0.15, 0.2) is 4.60 Å². The third kappa shape index (κ3) is 1.15. The molecule has 1 saturated carbocycles. The average Bonchev–Trinajstić information content (AvgIpc) is 2.79. The molecule has 1 aliphatic carbocycles. The Bertz CT molecular complexity index is 354. The second-order valence-corrected chi connectivity index (χ2v) is 4.82. The minimum Gasteiger partial charge on any atom is -0.296 e. The summed E-state index contributed by atoms with van der Waals surface area (Å²) in [5.41, 5.74) is 2.66. The molecule has 1 aliphatic heterocycles. The van der Waals surface area contributed by atoms with Gasteiger partial charge in [0, 0.05) is 18.7 Å². The third-order valence-electron chi connectivity index (χ3n) is 2.77. The molecule has 1 fully saturated rings. The van der Waals surface area contributed by atoms with E-state index in [-0.39, 0.29) is 0 Å². The van der Waals surface area contributed by atoms with Gasteiger partial charge in [-0.2, -0.15) is 5.10 Å². The van der Waals surface area contributed by atoms with Gasteiger partial charge in [0.15, 0.2) is 0 Å². The van der Waals surface area contributed by atoms with Crippen LogP contribution in [0.5, 0.6) is 0 Å². The Morgan fingerprint density at radius 2 is 2.15 bits per heavy atom. The highest BCUT2D eigenvalue weighted by atomic mass is 79.9. The molecular weight excluding hydrogens is 230 g/mol. The molecular formula is C9H12BrN3. The summed E-state index contributed by atoms with van der Waals surface area (Å²) in [6, 6.07) is 0.685. The topological polar surface area (TPSA) is 21.1 Å². The number of aromatic nitrogens is 2. The molecule has 2 heterocycles. The van der Waals surface area contributed by atoms with E-state index in [0.717, 1.165) is 13.1 Å². The van der Waals surface area contributed by atoms with E-state index >= 15 is 0 Å². The van der Waals surface area contributed by atoms with Crippen molar-refractivity contribution in [3.63, 3.8) is 0 Å². The van der Waals surface area contributed by atoms with Crippen molar-refractivity contribution in [3.05, 3.63) is 15.9 Å². The molecule has 2 aliphatic rings. The zero-order chi connectivity index (χ0) is 9.00. The van der Waals surface area contributed by atoms with Crippen LogP contribution in [0, 0.1) is 0 Å². The van der Waals surface area contributed by atoms with Gasteiger partial charge in [0.2, 0.25) is 0 Å². The van der Waals surface area contributed by atoms with Crippen LogP contribution in [0.1, 0.15) is 30.1 Å². The summed E-state index contributed by atoms with van der Waals surface area (Å²) >= 11 is 3.64. The number of halogens is 1. The molecule has 70 valence electrons. The molecule has 13 heavy (non-hydrogen) atoms. The van der Waals surface area contributed by atoms with Gasteiger partial charge in [-0.15, -0.1) is 0 Å². The Hall–Kier alpha value is -0.350. The lowest BCUT2D eigenvalue weighted by atomic mass is 10.3. The van der Waals surface area contributed by atoms with Gasteiger partial charge in [-0.1, -0.05) is 0 Å². The number of fused-ring (bicyclic) bond motifs is 1.